The van der Waals surface area contributed by atoms with Gasteiger partial charge in [-0.1, -0.05) is 73.1 Å². The normalized spacial score (nSPS) is 17.6. The van der Waals surface area contributed by atoms with E-state index in [9.17, 15) is 19.8 Å². The molecule has 254 valence electrons. The summed E-state index contributed by atoms with van der Waals surface area (Å²) in [5.74, 6) is 0.296. The number of phenols is 1. The van der Waals surface area contributed by atoms with E-state index < -0.39 is 12.2 Å². The number of hydroxylamine groups is 1. The summed E-state index contributed by atoms with van der Waals surface area (Å²) in [6, 6.07) is 22.2. The number of tetrazole rings is 1. The summed E-state index contributed by atoms with van der Waals surface area (Å²) in [5.41, 5.74) is 5.95. The number of thioether (sulfide) groups is 1. The fraction of sp³-hybridized carbons (Fsp3) is 0.382. The zero-order valence-corrected chi connectivity index (χ0v) is 27.2. The van der Waals surface area contributed by atoms with E-state index >= 15 is 0 Å². The van der Waals surface area contributed by atoms with Crippen LogP contribution in [-0.2, 0) is 32.2 Å². The minimum Gasteiger partial charge on any atom is -0.508 e. The highest BCUT2D eigenvalue weighted by molar-refractivity contribution is 7.99. The fourth-order valence-corrected chi connectivity index (χ4v) is 6.19. The number of hydrogen-bond donors (Lipinski definition) is 5. The van der Waals surface area contributed by atoms with Crippen molar-refractivity contribution >= 4 is 23.6 Å². The van der Waals surface area contributed by atoms with Gasteiger partial charge in [0.2, 0.25) is 17.0 Å². The van der Waals surface area contributed by atoms with Crippen molar-refractivity contribution in [2.24, 2.45) is 0 Å². The number of carbonyl (C=O) groups is 2. The van der Waals surface area contributed by atoms with Gasteiger partial charge < -0.3 is 25.0 Å². The molecule has 4 aromatic rings. The first kappa shape index (κ1) is 35.0. The number of carbonyl (C=O) groups excluding carboxylic acids is 2. The lowest BCUT2D eigenvalue weighted by atomic mass is 10.0. The van der Waals surface area contributed by atoms with Gasteiger partial charge in [-0.3, -0.25) is 14.8 Å². The van der Waals surface area contributed by atoms with Crippen molar-refractivity contribution in [1.29, 1.82) is 0 Å². The zero-order valence-electron chi connectivity index (χ0n) is 26.4. The van der Waals surface area contributed by atoms with E-state index in [0.717, 1.165) is 47.2 Å². The lowest BCUT2D eigenvalue weighted by molar-refractivity contribution is -0.245. The summed E-state index contributed by atoms with van der Waals surface area (Å²) < 4.78 is 14.5. The van der Waals surface area contributed by atoms with Crippen molar-refractivity contribution in [2.75, 3.05) is 5.75 Å². The number of unbranched alkanes of at least 4 members (excludes halogenated alkanes) is 3. The number of hydrogen-bond acceptors (Lipinski definition) is 11. The van der Waals surface area contributed by atoms with Gasteiger partial charge in [-0.05, 0) is 64.2 Å². The minimum absolute atomic E-state index is 0.0297. The van der Waals surface area contributed by atoms with Gasteiger partial charge >= 0.3 is 0 Å². The number of aliphatic hydroxyl groups excluding tert-OH is 1. The molecule has 1 aromatic heterocycles. The van der Waals surface area contributed by atoms with Gasteiger partial charge in [0.05, 0.1) is 24.5 Å². The fourth-order valence-electron chi connectivity index (χ4n) is 5.28. The quantitative estimate of drug-likeness (QED) is 0.0482. The molecule has 3 atom stereocenters. The Hall–Kier alpha value is -4.34. The van der Waals surface area contributed by atoms with E-state index in [4.69, 9.17) is 14.7 Å². The number of aromatic nitrogens is 4. The number of benzene rings is 3. The monoisotopic (exact) mass is 676 g/mol. The minimum atomic E-state index is -0.632. The van der Waals surface area contributed by atoms with Crippen LogP contribution in [0.4, 0.5) is 0 Å². The van der Waals surface area contributed by atoms with Crippen LogP contribution in [0.5, 0.6) is 5.75 Å². The average molecular weight is 677 g/mol. The van der Waals surface area contributed by atoms with Crippen LogP contribution in [0.2, 0.25) is 0 Å². The molecule has 0 unspecified atom stereocenters. The molecular weight excluding hydrogens is 636 g/mol. The molecular formula is C34H40N6O7S. The Balaban J connectivity index is 1.18. The Morgan fingerprint density at radius 3 is 2.21 bits per heavy atom. The predicted molar refractivity (Wildman–Crippen MR) is 176 cm³/mol. The summed E-state index contributed by atoms with van der Waals surface area (Å²) in [7, 11) is 0. The number of ether oxygens (including phenoxy) is 2. The van der Waals surface area contributed by atoms with Crippen molar-refractivity contribution in [3.8, 4) is 11.4 Å². The van der Waals surface area contributed by atoms with Crippen molar-refractivity contribution in [3.63, 3.8) is 0 Å². The smallest absolute Gasteiger partial charge is 0.243 e. The van der Waals surface area contributed by atoms with Gasteiger partial charge in [0.15, 0.2) is 6.29 Å². The number of aliphatic hydroxyl groups is 1. The molecule has 1 fully saturated rings. The summed E-state index contributed by atoms with van der Waals surface area (Å²) in [6.45, 7) is 0.365. The first-order valence-electron chi connectivity index (χ1n) is 15.9. The van der Waals surface area contributed by atoms with Crippen LogP contribution >= 0.6 is 11.8 Å². The van der Waals surface area contributed by atoms with Crippen LogP contribution < -0.4 is 10.8 Å². The molecule has 5 N–H and O–H groups in total. The second kappa shape index (κ2) is 17.7. The van der Waals surface area contributed by atoms with E-state index in [2.05, 4.69) is 20.8 Å². The Morgan fingerprint density at radius 1 is 0.854 bits per heavy atom. The molecule has 48 heavy (non-hydrogen) atoms. The molecule has 0 spiro atoms. The maximum atomic E-state index is 12.3. The highest BCUT2D eigenvalue weighted by atomic mass is 32.2. The van der Waals surface area contributed by atoms with E-state index in [1.807, 2.05) is 48.5 Å². The first-order chi connectivity index (χ1) is 23.4. The molecule has 3 aromatic carbocycles. The number of phenolic OH excluding ortho intramolecular Hbond substituents is 1. The SMILES string of the molecule is O=C(CCCCCCC(=O)NCc1ccc([C@@H]2O[C@H](CSc3nnnn3-c3ccc(O)cc3)C[C@H](c3ccc(CO)cc3)O2)cc1)NO. The van der Waals surface area contributed by atoms with Gasteiger partial charge in [-0.2, -0.15) is 4.68 Å². The van der Waals surface area contributed by atoms with Crippen molar-refractivity contribution in [3.05, 3.63) is 95.1 Å². The molecule has 2 amide bonds. The van der Waals surface area contributed by atoms with E-state index in [1.54, 1.807) is 34.4 Å². The third kappa shape index (κ3) is 10.1. The molecule has 0 saturated carbocycles. The molecule has 1 saturated heterocycles. The molecule has 0 aliphatic carbocycles. The van der Waals surface area contributed by atoms with Gasteiger partial charge in [0.1, 0.15) is 5.75 Å². The van der Waals surface area contributed by atoms with E-state index in [0.29, 0.717) is 36.7 Å². The molecule has 1 aliphatic heterocycles. The average Bonchev–Trinajstić information content (AvgIpc) is 3.60. The lowest BCUT2D eigenvalue weighted by Gasteiger charge is -2.36. The third-order valence-corrected chi connectivity index (χ3v) is 9.02. The number of nitrogens with zero attached hydrogens (tertiary/aromatic N) is 4. The first-order valence-corrected chi connectivity index (χ1v) is 16.9. The number of nitrogens with one attached hydrogen (secondary N) is 2. The van der Waals surface area contributed by atoms with Crippen LogP contribution in [0.25, 0.3) is 5.69 Å². The number of aromatic hydroxyl groups is 1. The molecule has 0 bridgehead atoms. The predicted octanol–water partition coefficient (Wildman–Crippen LogP) is 4.66. The van der Waals surface area contributed by atoms with Gasteiger partial charge in [-0.15, -0.1) is 5.10 Å². The summed E-state index contributed by atoms with van der Waals surface area (Å²) >= 11 is 1.47. The van der Waals surface area contributed by atoms with Crippen LogP contribution in [-0.4, -0.2) is 59.3 Å². The second-order valence-corrected chi connectivity index (χ2v) is 12.5. The largest absolute Gasteiger partial charge is 0.508 e. The van der Waals surface area contributed by atoms with Gasteiger partial charge in [0, 0.05) is 37.1 Å². The van der Waals surface area contributed by atoms with Crippen LogP contribution in [0.3, 0.4) is 0 Å². The second-order valence-electron chi connectivity index (χ2n) is 11.5. The van der Waals surface area contributed by atoms with Crippen molar-refractivity contribution in [1.82, 2.24) is 31.0 Å². The molecule has 14 heteroatoms. The summed E-state index contributed by atoms with van der Waals surface area (Å²) in [4.78, 5) is 23.4. The topological polar surface area (TPSA) is 181 Å². The van der Waals surface area contributed by atoms with Gasteiger partial charge in [0.25, 0.3) is 0 Å². The Kier molecular flexibility index (Phi) is 12.9. The Bertz CT molecular complexity index is 1600. The molecule has 0 radical (unpaired) electrons. The Morgan fingerprint density at radius 2 is 1.52 bits per heavy atom. The van der Waals surface area contributed by atoms with E-state index in [1.165, 1.54) is 11.8 Å². The van der Waals surface area contributed by atoms with E-state index in [-0.39, 0.29) is 36.9 Å². The summed E-state index contributed by atoms with van der Waals surface area (Å²) in [6.07, 6.45) is 3.27. The molecule has 2 heterocycles. The zero-order chi connectivity index (χ0) is 33.7. The van der Waals surface area contributed by atoms with Crippen molar-refractivity contribution in [2.45, 2.75) is 81.8 Å². The van der Waals surface area contributed by atoms with Crippen LogP contribution in [0.1, 0.15) is 79.6 Å². The van der Waals surface area contributed by atoms with Crippen LogP contribution in [0.15, 0.2) is 78.0 Å². The van der Waals surface area contributed by atoms with Gasteiger partial charge in [-0.25, -0.2) is 5.48 Å². The molecule has 1 aliphatic rings. The standard InChI is InChI=1S/C34H40N6O7S/c41-21-24-9-11-25(12-10-24)30-19-29(22-48-34-36-38-39-40(34)27-15-17-28(42)18-16-27)46-33(47-30)26-13-7-23(8-14-26)20-35-31(43)5-3-1-2-4-6-32(44)37-45/h7-18,29-30,33,41-42,45H,1-6,19-22H2,(H,35,43)(H,37,44)/t29-,30+,33+/m0/s1. The molecule has 5 rings (SSSR count). The number of rotatable bonds is 16. The Labute approximate surface area is 282 Å². The highest BCUT2D eigenvalue weighted by Gasteiger charge is 2.32. The molecule has 13 nitrogen and oxygen atoms in total. The maximum absolute atomic E-state index is 12.3. The lowest BCUT2D eigenvalue weighted by Crippen LogP contribution is -2.31. The third-order valence-electron chi connectivity index (χ3n) is 7.97. The summed E-state index contributed by atoms with van der Waals surface area (Å²) in [5, 5.41) is 43.4. The van der Waals surface area contributed by atoms with Crippen molar-refractivity contribution < 1.29 is 34.5 Å². The maximum Gasteiger partial charge on any atom is 0.243 e. The van der Waals surface area contributed by atoms with Crippen LogP contribution in [0, 0.1) is 0 Å². The number of amides is 2. The highest BCUT2D eigenvalue weighted by Crippen LogP contribution is 2.39.